The normalized spacial score (nSPS) is 12.8. The van der Waals surface area contributed by atoms with Crippen molar-refractivity contribution in [3.05, 3.63) is 29.6 Å². The van der Waals surface area contributed by atoms with E-state index in [1.54, 1.807) is 6.07 Å². The molecule has 1 N–H and O–H groups in total. The van der Waals surface area contributed by atoms with Crippen molar-refractivity contribution in [3.63, 3.8) is 0 Å². The third-order valence-corrected chi connectivity index (χ3v) is 2.57. The molecule has 1 aromatic carbocycles. The molecule has 0 aromatic heterocycles. The fraction of sp³-hybridized carbons (Fsp3) is 0.533. The summed E-state index contributed by atoms with van der Waals surface area (Å²) in [4.78, 5) is 0. The Hall–Kier alpha value is -1.60. The lowest BCUT2D eigenvalue weighted by Gasteiger charge is -2.23. The van der Waals surface area contributed by atoms with Crippen LogP contribution < -0.4 is 10.1 Å². The number of hydrogen-bond acceptors (Lipinski definition) is 3. The largest absolute Gasteiger partial charge is 0.490 e. The molecule has 0 aliphatic heterocycles. The molecule has 0 aliphatic carbocycles. The number of hydrogen-bond donors (Lipinski definition) is 1. The van der Waals surface area contributed by atoms with Crippen molar-refractivity contribution >= 4 is 0 Å². The van der Waals surface area contributed by atoms with Crippen molar-refractivity contribution in [1.82, 2.24) is 5.32 Å². The number of benzene rings is 1. The van der Waals surface area contributed by atoms with E-state index in [0.717, 1.165) is 6.54 Å². The lowest BCUT2D eigenvalue weighted by atomic mass is 10.1. The van der Waals surface area contributed by atoms with E-state index < -0.39 is 5.82 Å². The Labute approximate surface area is 114 Å². The van der Waals surface area contributed by atoms with Gasteiger partial charge in [-0.05, 0) is 39.0 Å². The summed E-state index contributed by atoms with van der Waals surface area (Å²) in [7, 11) is 0. The molecular formula is C15H21FN2O. The second-order valence-corrected chi connectivity index (χ2v) is 5.80. The molecular weight excluding hydrogens is 243 g/mol. The molecule has 0 saturated heterocycles. The summed E-state index contributed by atoms with van der Waals surface area (Å²) in [5.41, 5.74) is 0.362. The topological polar surface area (TPSA) is 45.0 Å². The van der Waals surface area contributed by atoms with Gasteiger partial charge in [-0.1, -0.05) is 6.92 Å². The van der Waals surface area contributed by atoms with Gasteiger partial charge in [-0.25, -0.2) is 4.39 Å². The Morgan fingerprint density at radius 2 is 2.11 bits per heavy atom. The summed E-state index contributed by atoms with van der Waals surface area (Å²) >= 11 is 0. The van der Waals surface area contributed by atoms with E-state index in [2.05, 4.69) is 26.1 Å². The average molecular weight is 264 g/mol. The monoisotopic (exact) mass is 264 g/mol. The van der Waals surface area contributed by atoms with Crippen LogP contribution in [0.2, 0.25) is 0 Å². The van der Waals surface area contributed by atoms with Crippen LogP contribution in [-0.2, 0) is 0 Å². The molecule has 0 saturated carbocycles. The molecule has 1 aromatic rings. The standard InChI is InChI=1S/C15H21FN2O/c1-11(9-18-15(2,3)4)10-19-14-6-5-12(8-17)7-13(14)16/h5-7,11,18H,9-10H2,1-4H3. The zero-order valence-corrected chi connectivity index (χ0v) is 12.0. The molecule has 0 amide bonds. The maximum Gasteiger partial charge on any atom is 0.166 e. The van der Waals surface area contributed by atoms with Gasteiger partial charge in [0.1, 0.15) is 0 Å². The van der Waals surface area contributed by atoms with E-state index in [1.165, 1.54) is 12.1 Å². The average Bonchev–Trinajstić information content (AvgIpc) is 2.34. The molecule has 0 spiro atoms. The van der Waals surface area contributed by atoms with Gasteiger partial charge in [0, 0.05) is 18.0 Å². The molecule has 1 atom stereocenters. The molecule has 3 nitrogen and oxygen atoms in total. The first-order chi connectivity index (χ1) is 8.81. The molecule has 0 heterocycles. The Morgan fingerprint density at radius 1 is 1.42 bits per heavy atom. The van der Waals surface area contributed by atoms with Crippen LogP contribution in [-0.4, -0.2) is 18.7 Å². The molecule has 104 valence electrons. The molecule has 0 bridgehead atoms. The molecule has 19 heavy (non-hydrogen) atoms. The van der Waals surface area contributed by atoms with Crippen molar-refractivity contribution in [2.45, 2.75) is 33.2 Å². The minimum atomic E-state index is -0.491. The summed E-state index contributed by atoms with van der Waals surface area (Å²) in [5.74, 6) is -0.0223. The third-order valence-electron chi connectivity index (χ3n) is 2.57. The van der Waals surface area contributed by atoms with E-state index in [9.17, 15) is 4.39 Å². The van der Waals surface area contributed by atoms with Gasteiger partial charge in [-0.15, -0.1) is 0 Å². The second-order valence-electron chi connectivity index (χ2n) is 5.80. The Kier molecular flexibility index (Phi) is 5.31. The van der Waals surface area contributed by atoms with Gasteiger partial charge in [0.25, 0.3) is 0 Å². The fourth-order valence-corrected chi connectivity index (χ4v) is 1.46. The Morgan fingerprint density at radius 3 is 2.63 bits per heavy atom. The van der Waals surface area contributed by atoms with Crippen molar-refractivity contribution in [3.8, 4) is 11.8 Å². The maximum atomic E-state index is 13.6. The van der Waals surface area contributed by atoms with Crippen LogP contribution in [0, 0.1) is 23.1 Å². The van der Waals surface area contributed by atoms with Crippen molar-refractivity contribution in [1.29, 1.82) is 5.26 Å². The van der Waals surface area contributed by atoms with Crippen LogP contribution in [0.3, 0.4) is 0 Å². The van der Waals surface area contributed by atoms with Crippen LogP contribution in [0.5, 0.6) is 5.75 Å². The third kappa shape index (κ3) is 5.71. The summed E-state index contributed by atoms with van der Waals surface area (Å²) in [6, 6.07) is 6.13. The Balaban J connectivity index is 2.46. The fourth-order valence-electron chi connectivity index (χ4n) is 1.46. The van der Waals surface area contributed by atoms with E-state index in [4.69, 9.17) is 10.00 Å². The van der Waals surface area contributed by atoms with E-state index in [1.807, 2.05) is 13.0 Å². The van der Waals surface area contributed by atoms with Crippen molar-refractivity contribution < 1.29 is 9.13 Å². The van der Waals surface area contributed by atoms with Crippen molar-refractivity contribution in [2.24, 2.45) is 5.92 Å². The van der Waals surface area contributed by atoms with Crippen LogP contribution >= 0.6 is 0 Å². The summed E-state index contributed by atoms with van der Waals surface area (Å²) in [6.07, 6.45) is 0. The summed E-state index contributed by atoms with van der Waals surface area (Å²) < 4.78 is 19.0. The van der Waals surface area contributed by atoms with E-state index in [0.29, 0.717) is 12.2 Å². The zero-order chi connectivity index (χ0) is 14.5. The van der Waals surface area contributed by atoms with Gasteiger partial charge in [0.15, 0.2) is 11.6 Å². The van der Waals surface area contributed by atoms with Crippen molar-refractivity contribution in [2.75, 3.05) is 13.2 Å². The first-order valence-corrected chi connectivity index (χ1v) is 6.39. The van der Waals surface area contributed by atoms with Gasteiger partial charge in [-0.2, -0.15) is 5.26 Å². The highest BCUT2D eigenvalue weighted by molar-refractivity contribution is 5.35. The maximum absolute atomic E-state index is 13.6. The highest BCUT2D eigenvalue weighted by atomic mass is 19.1. The lowest BCUT2D eigenvalue weighted by molar-refractivity contribution is 0.235. The van der Waals surface area contributed by atoms with Gasteiger partial charge in [-0.3, -0.25) is 0 Å². The van der Waals surface area contributed by atoms with Gasteiger partial charge >= 0.3 is 0 Å². The highest BCUT2D eigenvalue weighted by Gasteiger charge is 2.12. The molecule has 1 rings (SSSR count). The number of nitrogens with zero attached hydrogens (tertiary/aromatic N) is 1. The smallest absolute Gasteiger partial charge is 0.166 e. The number of rotatable bonds is 5. The first-order valence-electron chi connectivity index (χ1n) is 6.39. The van der Waals surface area contributed by atoms with Gasteiger partial charge in [0.05, 0.1) is 18.2 Å². The second kappa shape index (κ2) is 6.53. The predicted octanol–water partition coefficient (Wildman–Crippen LogP) is 3.10. The quantitative estimate of drug-likeness (QED) is 0.888. The van der Waals surface area contributed by atoms with E-state index in [-0.39, 0.29) is 17.2 Å². The molecule has 0 radical (unpaired) electrons. The van der Waals surface area contributed by atoms with Crippen LogP contribution in [0.15, 0.2) is 18.2 Å². The van der Waals surface area contributed by atoms with Crippen LogP contribution in [0.4, 0.5) is 4.39 Å². The number of nitrogens with one attached hydrogen (secondary N) is 1. The Bertz CT molecular complexity index is 460. The molecule has 0 fully saturated rings. The highest BCUT2D eigenvalue weighted by Crippen LogP contribution is 2.18. The minimum absolute atomic E-state index is 0.0634. The van der Waals surface area contributed by atoms with E-state index >= 15 is 0 Å². The predicted molar refractivity (Wildman–Crippen MR) is 73.5 cm³/mol. The SMILES string of the molecule is CC(CNC(C)(C)C)COc1ccc(C#N)cc1F. The van der Waals surface area contributed by atoms with Crippen LogP contribution in [0.1, 0.15) is 33.3 Å². The summed E-state index contributed by atoms with van der Waals surface area (Å²) in [6.45, 7) is 9.58. The minimum Gasteiger partial charge on any atom is -0.490 e. The lowest BCUT2D eigenvalue weighted by Crippen LogP contribution is -2.39. The van der Waals surface area contributed by atoms with Gasteiger partial charge < -0.3 is 10.1 Å². The van der Waals surface area contributed by atoms with Crippen LogP contribution in [0.25, 0.3) is 0 Å². The number of halogens is 1. The first kappa shape index (κ1) is 15.5. The molecule has 0 aliphatic rings. The van der Waals surface area contributed by atoms with Gasteiger partial charge in [0.2, 0.25) is 0 Å². The summed E-state index contributed by atoms with van der Waals surface area (Å²) in [5, 5.41) is 12.0. The molecule has 4 heteroatoms. The number of nitriles is 1. The zero-order valence-electron chi connectivity index (χ0n) is 12.0. The molecule has 1 unspecified atom stereocenters. The number of ether oxygens (including phenoxy) is 1.